The Balaban J connectivity index is 1.47. The lowest BCUT2D eigenvalue weighted by Gasteiger charge is -2.30. The molecule has 140 valence electrons. The smallest absolute Gasteiger partial charge is 0.322 e. The fourth-order valence-electron chi connectivity index (χ4n) is 3.53. The summed E-state index contributed by atoms with van der Waals surface area (Å²) in [5.74, 6) is -0.491. The van der Waals surface area contributed by atoms with E-state index in [0.29, 0.717) is 31.9 Å². The number of nitrogens with one attached hydrogen (secondary N) is 1. The molecule has 1 aromatic carbocycles. The molecule has 3 heterocycles. The number of rotatable bonds is 2. The minimum Gasteiger partial charge on any atom is -0.367 e. The summed E-state index contributed by atoms with van der Waals surface area (Å²) >= 11 is 5.77. The average molecular weight is 389 g/mol. The second kappa shape index (κ2) is 7.08. The van der Waals surface area contributed by atoms with E-state index < -0.39 is 5.82 Å². The highest BCUT2D eigenvalue weighted by Crippen LogP contribution is 2.29. The molecule has 1 aromatic heterocycles. The van der Waals surface area contributed by atoms with Gasteiger partial charge in [0.25, 0.3) is 0 Å². The Labute approximate surface area is 160 Å². The van der Waals surface area contributed by atoms with Crippen LogP contribution in [0.25, 0.3) is 0 Å². The van der Waals surface area contributed by atoms with Crippen LogP contribution < -0.4 is 10.2 Å². The van der Waals surface area contributed by atoms with Gasteiger partial charge in [-0.1, -0.05) is 11.6 Å². The number of anilines is 2. The monoisotopic (exact) mass is 388 g/mol. The molecule has 1 N–H and O–H groups in total. The minimum atomic E-state index is -0.525. The fraction of sp³-hybridized carbons (Fsp3) is 0.389. The maximum atomic E-state index is 13.3. The zero-order chi connectivity index (χ0) is 19.0. The van der Waals surface area contributed by atoms with Crippen LogP contribution in [0.15, 0.2) is 24.4 Å². The van der Waals surface area contributed by atoms with Gasteiger partial charge in [-0.25, -0.2) is 9.18 Å². The van der Waals surface area contributed by atoms with Crippen molar-refractivity contribution in [3.8, 4) is 6.07 Å². The van der Waals surface area contributed by atoms with Crippen LogP contribution in [0.3, 0.4) is 0 Å². The van der Waals surface area contributed by atoms with Gasteiger partial charge in [-0.3, -0.25) is 4.68 Å². The lowest BCUT2D eigenvalue weighted by molar-refractivity contribution is 0.194. The highest BCUT2D eigenvalue weighted by molar-refractivity contribution is 6.31. The Bertz CT molecular complexity index is 923. The second-order valence-electron chi connectivity index (χ2n) is 6.74. The molecule has 1 saturated heterocycles. The zero-order valence-electron chi connectivity index (χ0n) is 14.5. The second-order valence-corrected chi connectivity index (χ2v) is 7.15. The average Bonchev–Trinajstić information content (AvgIpc) is 3.30. The maximum Gasteiger partial charge on any atom is 0.322 e. The van der Waals surface area contributed by atoms with Gasteiger partial charge in [0.2, 0.25) is 0 Å². The first-order valence-corrected chi connectivity index (χ1v) is 9.13. The van der Waals surface area contributed by atoms with Gasteiger partial charge in [0.1, 0.15) is 5.82 Å². The highest BCUT2D eigenvalue weighted by Gasteiger charge is 2.29. The van der Waals surface area contributed by atoms with Crippen molar-refractivity contribution in [1.29, 1.82) is 5.26 Å². The SMILES string of the molecule is N#CC1CCN(c2cnn3c2CN(C(=O)Nc2ccc(F)c(Cl)c2)CC3)C1. The number of halogens is 2. The van der Waals surface area contributed by atoms with Crippen LogP contribution in [-0.2, 0) is 13.1 Å². The first-order chi connectivity index (χ1) is 13.0. The molecular formula is C18H18ClFN6O. The zero-order valence-corrected chi connectivity index (χ0v) is 15.3. The summed E-state index contributed by atoms with van der Waals surface area (Å²) in [6.45, 7) is 3.05. The molecule has 1 fully saturated rings. The number of nitrogens with zero attached hydrogens (tertiary/aromatic N) is 5. The lowest BCUT2D eigenvalue weighted by Crippen LogP contribution is -2.41. The predicted molar refractivity (Wildman–Crippen MR) is 99.0 cm³/mol. The van der Waals surface area contributed by atoms with Crippen LogP contribution in [0, 0.1) is 23.1 Å². The summed E-state index contributed by atoms with van der Waals surface area (Å²) in [7, 11) is 0. The van der Waals surface area contributed by atoms with Crippen molar-refractivity contribution in [1.82, 2.24) is 14.7 Å². The molecule has 1 unspecified atom stereocenters. The number of benzene rings is 1. The molecule has 1 atom stereocenters. The topological polar surface area (TPSA) is 77.2 Å². The van der Waals surface area contributed by atoms with E-state index in [1.807, 2.05) is 10.9 Å². The van der Waals surface area contributed by atoms with Crippen LogP contribution >= 0.6 is 11.6 Å². The lowest BCUT2D eigenvalue weighted by atomic mass is 10.1. The van der Waals surface area contributed by atoms with Gasteiger partial charge in [0.15, 0.2) is 0 Å². The molecule has 4 rings (SSSR count). The predicted octanol–water partition coefficient (Wildman–Crippen LogP) is 3.07. The van der Waals surface area contributed by atoms with Crippen LogP contribution in [0.2, 0.25) is 5.02 Å². The Hall–Kier alpha value is -2.79. The summed E-state index contributed by atoms with van der Waals surface area (Å²) in [4.78, 5) is 16.5. The number of fused-ring (bicyclic) bond motifs is 1. The summed E-state index contributed by atoms with van der Waals surface area (Å²) in [5.41, 5.74) is 2.39. The van der Waals surface area contributed by atoms with Gasteiger partial charge in [-0.2, -0.15) is 10.4 Å². The normalized spacial score (nSPS) is 18.9. The Morgan fingerprint density at radius 2 is 2.22 bits per heavy atom. The summed E-state index contributed by atoms with van der Waals surface area (Å²) in [5, 5.41) is 16.3. The van der Waals surface area contributed by atoms with E-state index in [4.69, 9.17) is 16.9 Å². The first-order valence-electron chi connectivity index (χ1n) is 8.75. The molecule has 2 amide bonds. The molecule has 0 radical (unpaired) electrons. The van der Waals surface area contributed by atoms with Crippen molar-refractivity contribution in [2.45, 2.75) is 19.5 Å². The van der Waals surface area contributed by atoms with Gasteiger partial charge in [0, 0.05) is 25.3 Å². The molecule has 0 saturated carbocycles. The largest absolute Gasteiger partial charge is 0.367 e. The maximum absolute atomic E-state index is 13.3. The third-order valence-corrected chi connectivity index (χ3v) is 5.31. The van der Waals surface area contributed by atoms with Crippen molar-refractivity contribution < 1.29 is 9.18 Å². The first kappa shape index (κ1) is 17.6. The number of amides is 2. The molecular weight excluding hydrogens is 371 g/mol. The van der Waals surface area contributed by atoms with E-state index in [0.717, 1.165) is 24.3 Å². The van der Waals surface area contributed by atoms with E-state index >= 15 is 0 Å². The van der Waals surface area contributed by atoms with Crippen LogP contribution in [0.4, 0.5) is 20.6 Å². The van der Waals surface area contributed by atoms with E-state index in [-0.39, 0.29) is 17.0 Å². The van der Waals surface area contributed by atoms with Gasteiger partial charge >= 0.3 is 6.03 Å². The number of aromatic nitrogens is 2. The molecule has 0 aliphatic carbocycles. The van der Waals surface area contributed by atoms with E-state index in [9.17, 15) is 9.18 Å². The third-order valence-electron chi connectivity index (χ3n) is 5.02. The van der Waals surface area contributed by atoms with E-state index in [2.05, 4.69) is 21.4 Å². The van der Waals surface area contributed by atoms with Gasteiger partial charge in [-0.15, -0.1) is 0 Å². The molecule has 7 nitrogen and oxygen atoms in total. The molecule has 0 bridgehead atoms. The number of hydrogen-bond donors (Lipinski definition) is 1. The number of carbonyl (C=O) groups excluding carboxylic acids is 1. The molecule has 2 aliphatic rings. The molecule has 9 heteroatoms. The Morgan fingerprint density at radius 3 is 2.96 bits per heavy atom. The third kappa shape index (κ3) is 3.43. The van der Waals surface area contributed by atoms with Crippen molar-refractivity contribution in [3.05, 3.63) is 40.9 Å². The van der Waals surface area contributed by atoms with Crippen molar-refractivity contribution >= 4 is 29.0 Å². The molecule has 27 heavy (non-hydrogen) atoms. The summed E-state index contributed by atoms with van der Waals surface area (Å²) < 4.78 is 15.2. The number of carbonyl (C=O) groups is 1. The Morgan fingerprint density at radius 1 is 1.37 bits per heavy atom. The number of urea groups is 1. The van der Waals surface area contributed by atoms with Crippen LogP contribution in [0.1, 0.15) is 12.1 Å². The van der Waals surface area contributed by atoms with Gasteiger partial charge < -0.3 is 15.1 Å². The fourth-order valence-corrected chi connectivity index (χ4v) is 3.71. The quantitative estimate of drug-likeness (QED) is 0.857. The molecule has 2 aromatic rings. The molecule has 0 spiro atoms. The molecule has 2 aliphatic heterocycles. The van der Waals surface area contributed by atoms with Crippen LogP contribution in [-0.4, -0.2) is 40.3 Å². The van der Waals surface area contributed by atoms with E-state index in [1.165, 1.54) is 18.2 Å². The van der Waals surface area contributed by atoms with Gasteiger partial charge in [0.05, 0.1) is 47.7 Å². The summed E-state index contributed by atoms with van der Waals surface area (Å²) in [6.07, 6.45) is 2.66. The standard InChI is InChI=1S/C18H18ClFN6O/c19-14-7-13(1-2-15(14)20)23-18(27)25-5-6-26-17(11-25)16(9-22-26)24-4-3-12(8-21)10-24/h1-2,7,9,12H,3-6,10-11H2,(H,23,27). The van der Waals surface area contributed by atoms with Crippen molar-refractivity contribution in [3.63, 3.8) is 0 Å². The van der Waals surface area contributed by atoms with Crippen LogP contribution in [0.5, 0.6) is 0 Å². The van der Waals surface area contributed by atoms with Crippen molar-refractivity contribution in [2.24, 2.45) is 5.92 Å². The van der Waals surface area contributed by atoms with Crippen molar-refractivity contribution in [2.75, 3.05) is 29.9 Å². The summed E-state index contributed by atoms with van der Waals surface area (Å²) in [6, 6.07) is 6.14. The van der Waals surface area contributed by atoms with E-state index in [1.54, 1.807) is 4.90 Å². The van der Waals surface area contributed by atoms with Gasteiger partial charge in [-0.05, 0) is 24.6 Å². The minimum absolute atomic E-state index is 0.0340. The Kier molecular flexibility index (Phi) is 4.62. The number of nitriles is 1. The highest BCUT2D eigenvalue weighted by atomic mass is 35.5. The number of hydrogen-bond acceptors (Lipinski definition) is 4.